The van der Waals surface area contributed by atoms with Gasteiger partial charge < -0.3 is 18.9 Å². The van der Waals surface area contributed by atoms with Crippen molar-refractivity contribution >= 4 is 16.2 Å². The van der Waals surface area contributed by atoms with Gasteiger partial charge in [-0.25, -0.2) is 13.5 Å². The topological polar surface area (TPSA) is 112 Å². The van der Waals surface area contributed by atoms with Crippen molar-refractivity contribution in [2.24, 2.45) is 0 Å². The molecule has 1 heterocycles. The van der Waals surface area contributed by atoms with Gasteiger partial charge in [-0.1, -0.05) is 0 Å². The highest BCUT2D eigenvalue weighted by Crippen LogP contribution is 2.34. The Morgan fingerprint density at radius 3 is 2.00 bits per heavy atom. The van der Waals surface area contributed by atoms with Gasteiger partial charge in [0, 0.05) is 13.8 Å². The monoisotopic (exact) mass is 517 g/mol. The van der Waals surface area contributed by atoms with Crippen LogP contribution in [0.4, 0.5) is 13.2 Å². The SMILES string of the molecule is CC1=C([C@@H](CS(=O)(=O)c2ccc(Oc3ccc(OC(F)(F)F)cc3)cc2)N(O)C=O)OC(C)(C)O1. The van der Waals surface area contributed by atoms with E-state index in [2.05, 4.69) is 4.74 Å². The van der Waals surface area contributed by atoms with Crippen molar-refractivity contribution in [3.63, 3.8) is 0 Å². The second-order valence-electron chi connectivity index (χ2n) is 7.90. The molecule has 9 nitrogen and oxygen atoms in total. The number of carbonyl (C=O) groups excluding carboxylic acids is 1. The zero-order chi connectivity index (χ0) is 26.0. The molecular weight excluding hydrogens is 495 g/mol. The van der Waals surface area contributed by atoms with Gasteiger partial charge in [-0.05, 0) is 55.5 Å². The van der Waals surface area contributed by atoms with Gasteiger partial charge in [-0.2, -0.15) is 0 Å². The molecule has 0 aliphatic carbocycles. The highest BCUT2D eigenvalue weighted by Gasteiger charge is 2.40. The number of carbonyl (C=O) groups is 1. The van der Waals surface area contributed by atoms with Crippen LogP contribution in [0, 0.1) is 0 Å². The number of allylic oxidation sites excluding steroid dienone is 1. The Kier molecular flexibility index (Phi) is 7.22. The molecule has 0 aromatic heterocycles. The van der Waals surface area contributed by atoms with Crippen molar-refractivity contribution in [3.8, 4) is 17.2 Å². The molecule has 0 radical (unpaired) electrons. The third-order valence-corrected chi connectivity index (χ3v) is 6.43. The molecule has 0 unspecified atom stereocenters. The lowest BCUT2D eigenvalue weighted by molar-refractivity contribution is -0.274. The number of alkyl halides is 3. The van der Waals surface area contributed by atoms with Crippen molar-refractivity contribution in [2.45, 2.75) is 43.9 Å². The van der Waals surface area contributed by atoms with Gasteiger partial charge >= 0.3 is 6.36 Å². The number of rotatable bonds is 9. The van der Waals surface area contributed by atoms with Crippen molar-refractivity contribution in [1.82, 2.24) is 5.06 Å². The molecule has 1 amide bonds. The van der Waals surface area contributed by atoms with Crippen molar-refractivity contribution in [3.05, 3.63) is 60.0 Å². The van der Waals surface area contributed by atoms with Gasteiger partial charge in [-0.3, -0.25) is 10.0 Å². The largest absolute Gasteiger partial charge is 0.573 e. The maximum absolute atomic E-state index is 13.0. The summed E-state index contributed by atoms with van der Waals surface area (Å²) in [4.78, 5) is 11.1. The Balaban J connectivity index is 1.74. The number of hydrogen-bond acceptors (Lipinski definition) is 8. The van der Waals surface area contributed by atoms with E-state index in [1.54, 1.807) is 13.8 Å². The first kappa shape index (κ1) is 26.2. The third kappa shape index (κ3) is 6.79. The Bertz CT molecular complexity index is 1190. The van der Waals surface area contributed by atoms with Crippen LogP contribution >= 0.6 is 0 Å². The third-order valence-electron chi connectivity index (χ3n) is 4.68. The first-order valence-corrected chi connectivity index (χ1v) is 11.7. The van der Waals surface area contributed by atoms with Crippen molar-refractivity contribution < 1.29 is 50.5 Å². The van der Waals surface area contributed by atoms with Gasteiger partial charge in [-0.15, -0.1) is 13.2 Å². The van der Waals surface area contributed by atoms with Crippen LogP contribution in [0.15, 0.2) is 64.9 Å². The first-order valence-electron chi connectivity index (χ1n) is 10.1. The minimum absolute atomic E-state index is 0.00563. The van der Waals surface area contributed by atoms with Gasteiger partial charge in [0.15, 0.2) is 15.6 Å². The summed E-state index contributed by atoms with van der Waals surface area (Å²) >= 11 is 0. The minimum Gasteiger partial charge on any atom is -0.457 e. The normalized spacial score (nSPS) is 16.2. The molecule has 0 spiro atoms. The van der Waals surface area contributed by atoms with Crippen molar-refractivity contribution in [2.75, 3.05) is 5.75 Å². The summed E-state index contributed by atoms with van der Waals surface area (Å²) in [6, 6.07) is 8.51. The number of halogens is 3. The Labute approximate surface area is 199 Å². The molecule has 2 aromatic carbocycles. The molecule has 13 heteroatoms. The number of amides is 1. The number of benzene rings is 2. The average Bonchev–Trinajstić information content (AvgIpc) is 3.04. The summed E-state index contributed by atoms with van der Waals surface area (Å²) in [6.07, 6.45) is -4.75. The summed E-state index contributed by atoms with van der Waals surface area (Å²) in [5.74, 6) is -1.57. The zero-order valence-electron chi connectivity index (χ0n) is 18.8. The van der Waals surface area contributed by atoms with Gasteiger partial charge in [0.1, 0.15) is 29.0 Å². The molecule has 190 valence electrons. The number of sulfone groups is 1. The lowest BCUT2D eigenvalue weighted by atomic mass is 10.2. The van der Waals surface area contributed by atoms with E-state index in [-0.39, 0.29) is 39.4 Å². The summed E-state index contributed by atoms with van der Waals surface area (Å²) in [5, 5.41) is 10.2. The lowest BCUT2D eigenvalue weighted by Gasteiger charge is -2.25. The minimum atomic E-state index is -4.82. The zero-order valence-corrected chi connectivity index (χ0v) is 19.6. The maximum Gasteiger partial charge on any atom is 0.573 e. The fourth-order valence-corrected chi connectivity index (χ4v) is 4.75. The molecule has 35 heavy (non-hydrogen) atoms. The first-order chi connectivity index (χ1) is 16.2. The van der Waals surface area contributed by atoms with E-state index < -0.39 is 39.5 Å². The lowest BCUT2D eigenvalue weighted by Crippen LogP contribution is -2.40. The van der Waals surface area contributed by atoms with Crippen LogP contribution in [0.1, 0.15) is 20.8 Å². The van der Waals surface area contributed by atoms with Crippen LogP contribution in [-0.2, 0) is 24.1 Å². The van der Waals surface area contributed by atoms with Crippen molar-refractivity contribution in [1.29, 1.82) is 0 Å². The fraction of sp³-hybridized carbons (Fsp3) is 0.318. The molecule has 1 atom stereocenters. The molecule has 2 aromatic rings. The van der Waals surface area contributed by atoms with E-state index in [0.717, 1.165) is 12.1 Å². The Hall–Kier alpha value is -3.45. The predicted molar refractivity (Wildman–Crippen MR) is 114 cm³/mol. The molecule has 0 saturated heterocycles. The average molecular weight is 517 g/mol. The van der Waals surface area contributed by atoms with Gasteiger partial charge in [0.2, 0.25) is 12.2 Å². The Morgan fingerprint density at radius 2 is 1.54 bits per heavy atom. The smallest absolute Gasteiger partial charge is 0.457 e. The number of ether oxygens (including phenoxy) is 4. The highest BCUT2D eigenvalue weighted by molar-refractivity contribution is 7.91. The van der Waals surface area contributed by atoms with Crippen LogP contribution < -0.4 is 9.47 Å². The van der Waals surface area contributed by atoms with E-state index in [4.69, 9.17) is 14.2 Å². The Morgan fingerprint density at radius 1 is 1.03 bits per heavy atom. The molecule has 1 N–H and O–H groups in total. The van der Waals surface area contributed by atoms with Gasteiger partial charge in [0.05, 0.1) is 10.6 Å². The molecule has 0 saturated carbocycles. The van der Waals surface area contributed by atoms with Crippen LogP contribution in [0.25, 0.3) is 0 Å². The van der Waals surface area contributed by atoms with Crippen LogP contribution in [0.2, 0.25) is 0 Å². The molecule has 1 aliphatic rings. The number of nitrogens with zero attached hydrogens (tertiary/aromatic N) is 1. The van der Waals surface area contributed by atoms with E-state index in [9.17, 15) is 31.6 Å². The fourth-order valence-electron chi connectivity index (χ4n) is 3.29. The number of hydroxylamine groups is 2. The predicted octanol–water partition coefficient (Wildman–Crippen LogP) is 4.38. The second kappa shape index (κ2) is 9.66. The van der Waals surface area contributed by atoms with E-state index >= 15 is 0 Å². The standard InChI is InChI=1S/C22H22F3NO8S/c1-14-20(34-21(2,3)32-14)19(26(28)13-27)12-35(29,30)18-10-8-16(9-11-18)31-15-4-6-17(7-5-15)33-22(23,24)25/h4-11,13,19,28H,12H2,1-3H3/t19-/m1/s1. The summed E-state index contributed by atoms with van der Waals surface area (Å²) in [5.41, 5.74) is 0. The van der Waals surface area contributed by atoms with Gasteiger partial charge in [0.25, 0.3) is 0 Å². The quantitative estimate of drug-likeness (QED) is 0.296. The maximum atomic E-state index is 13.0. The molecule has 1 aliphatic heterocycles. The number of hydrogen-bond donors (Lipinski definition) is 1. The van der Waals surface area contributed by atoms with Crippen LogP contribution in [0.5, 0.6) is 17.2 Å². The van der Waals surface area contributed by atoms with E-state index in [0.29, 0.717) is 0 Å². The molecule has 0 bridgehead atoms. The molecule has 0 fully saturated rings. The summed E-state index contributed by atoms with van der Waals surface area (Å²) in [7, 11) is -4.03. The van der Waals surface area contributed by atoms with E-state index in [1.807, 2.05) is 0 Å². The van der Waals surface area contributed by atoms with E-state index in [1.165, 1.54) is 43.3 Å². The summed E-state index contributed by atoms with van der Waals surface area (Å²) < 4.78 is 83.1. The van der Waals surface area contributed by atoms with Crippen LogP contribution in [-0.4, -0.2) is 49.0 Å². The second-order valence-corrected chi connectivity index (χ2v) is 9.93. The highest BCUT2D eigenvalue weighted by atomic mass is 32.2. The summed E-state index contributed by atoms with van der Waals surface area (Å²) in [6.45, 7) is 4.71. The molecule has 3 rings (SSSR count). The van der Waals surface area contributed by atoms with Crippen LogP contribution in [0.3, 0.4) is 0 Å². The molecular formula is C22H22F3NO8S.